The van der Waals surface area contributed by atoms with E-state index in [1.807, 2.05) is 55.6 Å². The largest absolute Gasteiger partial charge is 0.496 e. The Kier molecular flexibility index (Phi) is 5.45. The van der Waals surface area contributed by atoms with E-state index in [1.54, 1.807) is 19.2 Å². The van der Waals surface area contributed by atoms with Gasteiger partial charge in [0.15, 0.2) is 0 Å². The zero-order chi connectivity index (χ0) is 22.0. The minimum atomic E-state index is -1.08. The second kappa shape index (κ2) is 8.36. The summed E-state index contributed by atoms with van der Waals surface area (Å²) in [5.41, 5.74) is 4.93. The van der Waals surface area contributed by atoms with E-state index in [9.17, 15) is 14.7 Å². The van der Waals surface area contributed by atoms with Crippen LogP contribution in [0.3, 0.4) is 0 Å². The molecule has 0 aliphatic rings. The molecule has 0 saturated heterocycles. The third kappa shape index (κ3) is 4.14. The van der Waals surface area contributed by atoms with Crippen LogP contribution in [0.15, 0.2) is 66.9 Å². The van der Waals surface area contributed by atoms with Crippen molar-refractivity contribution in [2.45, 2.75) is 13.3 Å². The van der Waals surface area contributed by atoms with Crippen LogP contribution in [0.25, 0.3) is 22.0 Å². The normalized spacial score (nSPS) is 10.8. The Hall–Kier alpha value is -4.06. The van der Waals surface area contributed by atoms with Gasteiger partial charge in [0, 0.05) is 22.7 Å². The Morgan fingerprint density at radius 3 is 2.65 bits per heavy atom. The van der Waals surface area contributed by atoms with Gasteiger partial charge in [0.2, 0.25) is 5.91 Å². The quantitative estimate of drug-likeness (QED) is 0.413. The number of amides is 1. The number of carbonyl (C=O) groups is 2. The summed E-state index contributed by atoms with van der Waals surface area (Å²) in [5.74, 6) is -0.585. The van der Waals surface area contributed by atoms with E-state index < -0.39 is 5.97 Å². The highest BCUT2D eigenvalue weighted by Crippen LogP contribution is 2.32. The number of aromatic nitrogens is 1. The molecule has 0 saturated carbocycles. The number of aryl methyl sites for hydroxylation is 1. The first-order valence-corrected chi connectivity index (χ1v) is 9.83. The molecule has 1 aromatic heterocycles. The second-order valence-corrected chi connectivity index (χ2v) is 7.35. The molecule has 0 radical (unpaired) electrons. The molecular weight excluding hydrogens is 392 g/mol. The topological polar surface area (TPSA) is 91.4 Å². The molecule has 6 heteroatoms. The molecule has 0 aliphatic heterocycles. The van der Waals surface area contributed by atoms with E-state index in [4.69, 9.17) is 4.74 Å². The highest BCUT2D eigenvalue weighted by molar-refractivity contribution is 6.02. The van der Waals surface area contributed by atoms with Gasteiger partial charge in [-0.15, -0.1) is 0 Å². The maximum absolute atomic E-state index is 12.7. The number of nitrogens with one attached hydrogen (secondary N) is 2. The summed E-state index contributed by atoms with van der Waals surface area (Å²) in [6, 6.07) is 18.7. The van der Waals surface area contributed by atoms with Gasteiger partial charge in [-0.3, -0.25) is 4.79 Å². The van der Waals surface area contributed by atoms with Crippen molar-refractivity contribution in [3.05, 3.63) is 83.6 Å². The van der Waals surface area contributed by atoms with E-state index in [2.05, 4.69) is 10.3 Å². The van der Waals surface area contributed by atoms with Crippen LogP contribution in [0.4, 0.5) is 5.69 Å². The molecule has 3 N–H and O–H groups in total. The predicted molar refractivity (Wildman–Crippen MR) is 121 cm³/mol. The van der Waals surface area contributed by atoms with Gasteiger partial charge < -0.3 is 20.1 Å². The van der Waals surface area contributed by atoms with Crippen molar-refractivity contribution >= 4 is 28.5 Å². The maximum atomic E-state index is 12.7. The molecule has 0 bridgehead atoms. The van der Waals surface area contributed by atoms with Crippen LogP contribution in [0.5, 0.6) is 5.75 Å². The maximum Gasteiger partial charge on any atom is 0.337 e. The molecule has 1 amide bonds. The number of ether oxygens (including phenoxy) is 1. The first-order valence-electron chi connectivity index (χ1n) is 9.83. The average Bonchev–Trinajstić information content (AvgIpc) is 3.15. The molecule has 1 heterocycles. The van der Waals surface area contributed by atoms with E-state index in [1.165, 1.54) is 6.07 Å². The highest BCUT2D eigenvalue weighted by atomic mass is 16.5. The minimum absolute atomic E-state index is 0.0661. The molecule has 0 aliphatic carbocycles. The number of carboxylic acids is 1. The zero-order valence-corrected chi connectivity index (χ0v) is 17.2. The van der Waals surface area contributed by atoms with Crippen LogP contribution in [0.1, 0.15) is 21.5 Å². The lowest BCUT2D eigenvalue weighted by Gasteiger charge is -2.10. The molecule has 0 atom stereocenters. The van der Waals surface area contributed by atoms with Crippen molar-refractivity contribution in [1.82, 2.24) is 4.98 Å². The monoisotopic (exact) mass is 414 g/mol. The van der Waals surface area contributed by atoms with Crippen LogP contribution < -0.4 is 10.1 Å². The summed E-state index contributed by atoms with van der Waals surface area (Å²) in [5, 5.41) is 13.1. The van der Waals surface area contributed by atoms with Gasteiger partial charge in [0.05, 0.1) is 24.8 Å². The van der Waals surface area contributed by atoms with Crippen molar-refractivity contribution in [2.24, 2.45) is 0 Å². The van der Waals surface area contributed by atoms with Gasteiger partial charge in [-0.1, -0.05) is 30.3 Å². The third-order valence-corrected chi connectivity index (χ3v) is 5.22. The number of aromatic amines is 1. The van der Waals surface area contributed by atoms with Crippen molar-refractivity contribution in [2.75, 3.05) is 12.4 Å². The van der Waals surface area contributed by atoms with Crippen molar-refractivity contribution in [3.63, 3.8) is 0 Å². The van der Waals surface area contributed by atoms with E-state index in [0.29, 0.717) is 5.69 Å². The Morgan fingerprint density at radius 2 is 1.87 bits per heavy atom. The number of aromatic carboxylic acids is 1. The van der Waals surface area contributed by atoms with Crippen LogP contribution in [0, 0.1) is 6.92 Å². The summed E-state index contributed by atoms with van der Waals surface area (Å²) in [7, 11) is 1.64. The number of H-pyrrole nitrogens is 1. The number of para-hydroxylation sites is 1. The van der Waals surface area contributed by atoms with Crippen molar-refractivity contribution < 1.29 is 19.4 Å². The molecule has 0 unspecified atom stereocenters. The van der Waals surface area contributed by atoms with E-state index in [-0.39, 0.29) is 17.9 Å². The first kappa shape index (κ1) is 20.2. The van der Waals surface area contributed by atoms with Crippen LogP contribution in [-0.4, -0.2) is 29.1 Å². The summed E-state index contributed by atoms with van der Waals surface area (Å²) in [4.78, 5) is 27.4. The lowest BCUT2D eigenvalue weighted by atomic mass is 10.0. The molecule has 3 aromatic carbocycles. The minimum Gasteiger partial charge on any atom is -0.496 e. The third-order valence-electron chi connectivity index (χ3n) is 5.22. The molecule has 156 valence electrons. The Labute approximate surface area is 179 Å². The number of hydrogen-bond donors (Lipinski definition) is 3. The van der Waals surface area contributed by atoms with Crippen molar-refractivity contribution in [1.29, 1.82) is 0 Å². The molecule has 0 spiro atoms. The fraction of sp³-hybridized carbons (Fsp3) is 0.120. The zero-order valence-electron chi connectivity index (χ0n) is 17.2. The fourth-order valence-electron chi connectivity index (χ4n) is 3.69. The molecule has 4 aromatic rings. The van der Waals surface area contributed by atoms with E-state index >= 15 is 0 Å². The number of fused-ring (bicyclic) bond motifs is 1. The van der Waals surface area contributed by atoms with Gasteiger partial charge in [-0.05, 0) is 53.9 Å². The van der Waals surface area contributed by atoms with Crippen molar-refractivity contribution in [3.8, 4) is 16.9 Å². The molecule has 0 fully saturated rings. The Bertz CT molecular complexity index is 1290. The Morgan fingerprint density at radius 1 is 1.06 bits per heavy atom. The number of carboxylic acid groups (broad SMARTS) is 1. The number of carbonyl (C=O) groups excluding carboxylic acids is 1. The number of anilines is 1. The van der Waals surface area contributed by atoms with Gasteiger partial charge in [-0.25, -0.2) is 4.79 Å². The van der Waals surface area contributed by atoms with Crippen LogP contribution in [-0.2, 0) is 11.2 Å². The number of hydrogen-bond acceptors (Lipinski definition) is 3. The smallest absolute Gasteiger partial charge is 0.337 e. The van der Waals surface area contributed by atoms with E-state index in [0.717, 1.165) is 38.9 Å². The molecule has 4 rings (SSSR count). The number of rotatable bonds is 6. The van der Waals surface area contributed by atoms with Gasteiger partial charge >= 0.3 is 5.97 Å². The summed E-state index contributed by atoms with van der Waals surface area (Å²) in [6.07, 6.45) is 1.92. The molecule has 6 nitrogen and oxygen atoms in total. The lowest BCUT2D eigenvalue weighted by Crippen LogP contribution is -2.16. The standard InChI is InChI=1S/C25H22N2O4/c1-15-7-9-19(25(29)30)22(11-15)27-24(28)13-17-14-26-21-10-8-16(12-20(17)21)18-5-3-4-6-23(18)31-2/h3-12,14,26H,13H2,1-2H3,(H,27,28)(H,29,30). The molecule has 31 heavy (non-hydrogen) atoms. The van der Waals surface area contributed by atoms with Gasteiger partial charge in [-0.2, -0.15) is 0 Å². The predicted octanol–water partition coefficient (Wildman–Crippen LogP) is 5.03. The lowest BCUT2D eigenvalue weighted by molar-refractivity contribution is -0.115. The first-order chi connectivity index (χ1) is 15.0. The fourth-order valence-corrected chi connectivity index (χ4v) is 3.69. The number of benzene rings is 3. The van der Waals surface area contributed by atoms with Crippen LogP contribution >= 0.6 is 0 Å². The summed E-state index contributed by atoms with van der Waals surface area (Å²) < 4.78 is 5.47. The highest BCUT2D eigenvalue weighted by Gasteiger charge is 2.15. The SMILES string of the molecule is COc1ccccc1-c1ccc2[nH]cc(CC(=O)Nc3cc(C)ccc3C(=O)O)c2c1. The van der Waals surface area contributed by atoms with Crippen LogP contribution in [0.2, 0.25) is 0 Å². The van der Waals surface area contributed by atoms with Gasteiger partial charge in [0.1, 0.15) is 5.75 Å². The van der Waals surface area contributed by atoms with Gasteiger partial charge in [0.25, 0.3) is 0 Å². The average molecular weight is 414 g/mol. The number of methoxy groups -OCH3 is 1. The Balaban J connectivity index is 1.63. The summed E-state index contributed by atoms with van der Waals surface area (Å²) in [6.45, 7) is 1.85. The summed E-state index contributed by atoms with van der Waals surface area (Å²) >= 11 is 0. The molecular formula is C25H22N2O4. The second-order valence-electron chi connectivity index (χ2n) is 7.35.